The molecule has 1 aromatic heterocycles. The third-order valence-corrected chi connectivity index (χ3v) is 6.42. The molecule has 2 saturated heterocycles. The number of ketones is 1. The Bertz CT molecular complexity index is 1010. The predicted octanol–water partition coefficient (Wildman–Crippen LogP) is 5.00. The summed E-state index contributed by atoms with van der Waals surface area (Å²) in [5.41, 5.74) is 2.13. The van der Waals surface area contributed by atoms with Crippen LogP contribution in [0.1, 0.15) is 41.6 Å². The fraction of sp³-hybridized carbons (Fsp3) is 0.333. The van der Waals surface area contributed by atoms with Gasteiger partial charge in [-0.2, -0.15) is 0 Å². The van der Waals surface area contributed by atoms with E-state index in [0.717, 1.165) is 37.6 Å². The maximum Gasteiger partial charge on any atom is 0.169 e. The first-order chi connectivity index (χ1) is 13.7. The second-order valence-corrected chi connectivity index (χ2v) is 8.10. The summed E-state index contributed by atoms with van der Waals surface area (Å²) in [5, 5.41) is 0.816. The second kappa shape index (κ2) is 7.10. The summed E-state index contributed by atoms with van der Waals surface area (Å²) in [6.45, 7) is 0.938. The van der Waals surface area contributed by atoms with E-state index < -0.39 is 5.82 Å². The molecule has 0 aliphatic carbocycles. The number of fused-ring (bicyclic) bond motifs is 3. The van der Waals surface area contributed by atoms with Crippen LogP contribution in [0.3, 0.4) is 0 Å². The molecule has 2 unspecified atom stereocenters. The first-order valence-electron chi connectivity index (χ1n) is 10.1. The molecule has 5 rings (SSSR count). The van der Waals surface area contributed by atoms with Crippen molar-refractivity contribution in [1.82, 2.24) is 9.88 Å². The van der Waals surface area contributed by atoms with Gasteiger partial charge in [-0.3, -0.25) is 14.7 Å². The molecule has 0 saturated carbocycles. The first-order valence-corrected chi connectivity index (χ1v) is 10.1. The van der Waals surface area contributed by atoms with E-state index in [-0.39, 0.29) is 17.3 Å². The standard InChI is InChI=1S/C24H23FN2O/c25-22-14-23-17(7-4-10-26-23)13-21(22)24(28)18-11-19-8-9-20(12-18)27(19)15-16-5-2-1-3-6-16/h1-7,10,13-14,18-20H,8-9,11-12,15H2. The molecular formula is C24H23FN2O. The van der Waals surface area contributed by atoms with Gasteiger partial charge in [0.25, 0.3) is 0 Å². The van der Waals surface area contributed by atoms with Crippen LogP contribution in [0.15, 0.2) is 60.8 Å². The van der Waals surface area contributed by atoms with E-state index in [9.17, 15) is 9.18 Å². The van der Waals surface area contributed by atoms with Crippen molar-refractivity contribution in [3.8, 4) is 0 Å². The number of aromatic nitrogens is 1. The topological polar surface area (TPSA) is 33.2 Å². The molecular weight excluding hydrogens is 351 g/mol. The fourth-order valence-corrected chi connectivity index (χ4v) is 5.04. The van der Waals surface area contributed by atoms with Crippen molar-refractivity contribution < 1.29 is 9.18 Å². The number of hydrogen-bond acceptors (Lipinski definition) is 3. The summed E-state index contributed by atoms with van der Waals surface area (Å²) < 4.78 is 14.6. The Morgan fingerprint density at radius 1 is 1.04 bits per heavy atom. The summed E-state index contributed by atoms with van der Waals surface area (Å²) in [7, 11) is 0. The SMILES string of the molecule is O=C(c1cc2cccnc2cc1F)C1CC2CCC(C1)N2Cc1ccccc1. The number of Topliss-reactive ketones (excluding diaryl/α,β-unsaturated/α-hetero) is 1. The highest BCUT2D eigenvalue weighted by atomic mass is 19.1. The van der Waals surface area contributed by atoms with Crippen molar-refractivity contribution in [3.63, 3.8) is 0 Å². The van der Waals surface area contributed by atoms with E-state index in [0.29, 0.717) is 17.6 Å². The van der Waals surface area contributed by atoms with Crippen LogP contribution in [0, 0.1) is 11.7 Å². The maximum absolute atomic E-state index is 14.6. The van der Waals surface area contributed by atoms with Crippen molar-refractivity contribution >= 4 is 16.7 Å². The lowest BCUT2D eigenvalue weighted by Gasteiger charge is -2.38. The zero-order chi connectivity index (χ0) is 19.1. The minimum Gasteiger partial charge on any atom is -0.294 e. The van der Waals surface area contributed by atoms with Crippen molar-refractivity contribution in [3.05, 3.63) is 77.7 Å². The molecule has 2 aliphatic rings. The number of pyridine rings is 1. The second-order valence-electron chi connectivity index (χ2n) is 8.10. The number of rotatable bonds is 4. The smallest absolute Gasteiger partial charge is 0.169 e. The molecule has 3 nitrogen and oxygen atoms in total. The van der Waals surface area contributed by atoms with Gasteiger partial charge in [0.05, 0.1) is 11.1 Å². The highest BCUT2D eigenvalue weighted by Gasteiger charge is 2.43. The van der Waals surface area contributed by atoms with Crippen LogP contribution in [0.25, 0.3) is 10.9 Å². The van der Waals surface area contributed by atoms with Gasteiger partial charge >= 0.3 is 0 Å². The minimum atomic E-state index is -0.449. The Morgan fingerprint density at radius 3 is 2.54 bits per heavy atom. The number of hydrogen-bond donors (Lipinski definition) is 0. The quantitative estimate of drug-likeness (QED) is 0.603. The normalized spacial score (nSPS) is 24.5. The van der Waals surface area contributed by atoms with Crippen molar-refractivity contribution in [2.45, 2.75) is 44.3 Å². The molecule has 0 spiro atoms. The van der Waals surface area contributed by atoms with E-state index in [1.807, 2.05) is 18.2 Å². The molecule has 2 aromatic carbocycles. The van der Waals surface area contributed by atoms with Crippen LogP contribution >= 0.6 is 0 Å². The Kier molecular flexibility index (Phi) is 4.44. The Balaban J connectivity index is 1.36. The summed E-state index contributed by atoms with van der Waals surface area (Å²) in [6, 6.07) is 18.1. The number of benzene rings is 2. The van der Waals surface area contributed by atoms with Crippen LogP contribution < -0.4 is 0 Å². The molecule has 4 heteroatoms. The van der Waals surface area contributed by atoms with E-state index in [1.165, 1.54) is 11.6 Å². The van der Waals surface area contributed by atoms with Crippen molar-refractivity contribution in [1.29, 1.82) is 0 Å². The van der Waals surface area contributed by atoms with E-state index in [1.54, 1.807) is 12.3 Å². The molecule has 142 valence electrons. The van der Waals surface area contributed by atoms with Crippen LogP contribution in [0.2, 0.25) is 0 Å². The lowest BCUT2D eigenvalue weighted by molar-refractivity contribution is 0.0675. The van der Waals surface area contributed by atoms with E-state index in [4.69, 9.17) is 0 Å². The van der Waals surface area contributed by atoms with Gasteiger partial charge in [-0.05, 0) is 43.4 Å². The average Bonchev–Trinajstić information content (AvgIpc) is 2.95. The fourth-order valence-electron chi connectivity index (χ4n) is 5.04. The lowest BCUT2D eigenvalue weighted by atomic mass is 9.84. The van der Waals surface area contributed by atoms with Crippen LogP contribution in [0.5, 0.6) is 0 Å². The van der Waals surface area contributed by atoms with Crippen LogP contribution in [0.4, 0.5) is 4.39 Å². The van der Waals surface area contributed by atoms with Gasteiger partial charge in [-0.1, -0.05) is 36.4 Å². The number of halogens is 1. The number of nitrogens with zero attached hydrogens (tertiary/aromatic N) is 2. The summed E-state index contributed by atoms with van der Waals surface area (Å²) in [6.07, 6.45) is 5.56. The average molecular weight is 374 g/mol. The zero-order valence-corrected chi connectivity index (χ0v) is 15.7. The third kappa shape index (κ3) is 3.12. The Labute approximate surface area is 164 Å². The monoisotopic (exact) mass is 374 g/mol. The molecule has 3 heterocycles. The molecule has 2 bridgehead atoms. The molecule has 2 aliphatic heterocycles. The predicted molar refractivity (Wildman–Crippen MR) is 108 cm³/mol. The molecule has 3 aromatic rings. The molecule has 2 fully saturated rings. The van der Waals surface area contributed by atoms with E-state index in [2.05, 4.69) is 34.1 Å². The Hall–Kier alpha value is -2.59. The summed E-state index contributed by atoms with van der Waals surface area (Å²) >= 11 is 0. The highest BCUT2D eigenvalue weighted by Crippen LogP contribution is 2.41. The largest absolute Gasteiger partial charge is 0.294 e. The first kappa shape index (κ1) is 17.5. The van der Waals surface area contributed by atoms with Gasteiger partial charge in [0.15, 0.2) is 5.78 Å². The van der Waals surface area contributed by atoms with Gasteiger partial charge in [0.1, 0.15) is 5.82 Å². The highest BCUT2D eigenvalue weighted by molar-refractivity contribution is 6.01. The van der Waals surface area contributed by atoms with Gasteiger partial charge in [0.2, 0.25) is 0 Å². The van der Waals surface area contributed by atoms with Gasteiger partial charge in [0, 0.05) is 42.2 Å². The molecule has 28 heavy (non-hydrogen) atoms. The van der Waals surface area contributed by atoms with E-state index >= 15 is 0 Å². The Morgan fingerprint density at radius 2 is 1.79 bits per heavy atom. The zero-order valence-electron chi connectivity index (χ0n) is 15.7. The molecule has 2 atom stereocenters. The van der Waals surface area contributed by atoms with Gasteiger partial charge < -0.3 is 0 Å². The van der Waals surface area contributed by atoms with Crippen LogP contribution in [-0.2, 0) is 6.54 Å². The minimum absolute atomic E-state index is 0.0421. The summed E-state index contributed by atoms with van der Waals surface area (Å²) in [5.74, 6) is -0.581. The third-order valence-electron chi connectivity index (χ3n) is 6.42. The molecule has 0 amide bonds. The summed E-state index contributed by atoms with van der Waals surface area (Å²) in [4.78, 5) is 19.9. The van der Waals surface area contributed by atoms with Crippen molar-refractivity contribution in [2.75, 3.05) is 0 Å². The van der Waals surface area contributed by atoms with Gasteiger partial charge in [-0.25, -0.2) is 4.39 Å². The number of carbonyl (C=O) groups is 1. The van der Waals surface area contributed by atoms with Crippen molar-refractivity contribution in [2.24, 2.45) is 5.92 Å². The molecule has 0 N–H and O–H groups in total. The van der Waals surface area contributed by atoms with Crippen LogP contribution in [-0.4, -0.2) is 27.8 Å². The molecule has 0 radical (unpaired) electrons. The number of piperidine rings is 1. The lowest BCUT2D eigenvalue weighted by Crippen LogP contribution is -2.44. The number of carbonyl (C=O) groups excluding carboxylic acids is 1. The van der Waals surface area contributed by atoms with Gasteiger partial charge in [-0.15, -0.1) is 0 Å². The maximum atomic E-state index is 14.6.